The maximum atomic E-state index is 12.8. The number of carboxylic acids is 1. The van der Waals surface area contributed by atoms with Gasteiger partial charge in [-0.15, -0.1) is 28.6 Å². The van der Waals surface area contributed by atoms with E-state index in [2.05, 4.69) is 25.8 Å². The Bertz CT molecular complexity index is 1280. The highest BCUT2D eigenvalue weighted by Gasteiger charge is 2.54. The maximum Gasteiger partial charge on any atom is 0.352 e. The van der Waals surface area contributed by atoms with Crippen LogP contribution in [0.3, 0.4) is 0 Å². The molecule has 0 aliphatic carbocycles. The highest BCUT2D eigenvalue weighted by Crippen LogP contribution is 2.41. The third-order valence-electron chi connectivity index (χ3n) is 4.73. The van der Waals surface area contributed by atoms with Crippen molar-refractivity contribution in [3.63, 3.8) is 0 Å². The zero-order chi connectivity index (χ0) is 25.2. The Morgan fingerprint density at radius 1 is 1.31 bits per heavy atom. The molecule has 2 aliphatic rings. The lowest BCUT2D eigenvalue weighted by Crippen LogP contribution is -2.70. The van der Waals surface area contributed by atoms with Gasteiger partial charge in [-0.3, -0.25) is 24.0 Å². The summed E-state index contributed by atoms with van der Waals surface area (Å²) in [5.41, 5.74) is 0.228. The molecule has 14 nitrogen and oxygen atoms in total. The molecule has 2 atom stereocenters. The summed E-state index contributed by atoms with van der Waals surface area (Å²) in [6, 6.07) is 2.72. The van der Waals surface area contributed by atoms with E-state index in [1.807, 2.05) is 6.07 Å². The largest absolute Gasteiger partial charge is 0.477 e. The molecule has 0 aromatic carbocycles. The molecule has 1 fully saturated rings. The van der Waals surface area contributed by atoms with E-state index in [1.165, 1.54) is 23.5 Å². The van der Waals surface area contributed by atoms with E-state index in [0.29, 0.717) is 5.57 Å². The van der Waals surface area contributed by atoms with E-state index in [4.69, 9.17) is 4.55 Å². The number of carbonyl (C=O) groups excluding carboxylic acids is 2. The number of fused-ring (bicyclic) bond motifs is 1. The van der Waals surface area contributed by atoms with Crippen LogP contribution in [0.4, 0.5) is 0 Å². The van der Waals surface area contributed by atoms with Gasteiger partial charge in [-0.05, 0) is 28.1 Å². The summed E-state index contributed by atoms with van der Waals surface area (Å²) in [4.78, 5) is 43.0. The van der Waals surface area contributed by atoms with Gasteiger partial charge in [0.15, 0.2) is 5.88 Å². The highest BCUT2D eigenvalue weighted by atomic mass is 32.2. The minimum atomic E-state index is -4.38. The fourth-order valence-corrected chi connectivity index (χ4v) is 6.90. The Balaban J connectivity index is 1.40. The van der Waals surface area contributed by atoms with Crippen LogP contribution >= 0.6 is 35.3 Å². The van der Waals surface area contributed by atoms with E-state index < -0.39 is 39.3 Å². The Labute approximate surface area is 211 Å². The maximum absolute atomic E-state index is 12.8. The lowest BCUT2D eigenvalue weighted by molar-refractivity contribution is -0.150. The van der Waals surface area contributed by atoms with Crippen LogP contribution in [0.15, 0.2) is 45.8 Å². The number of aliphatic carboxylic acids is 1. The molecule has 2 amide bonds. The first kappa shape index (κ1) is 25.4. The molecule has 0 radical (unpaired) electrons. The molecule has 4 rings (SSSR count). The van der Waals surface area contributed by atoms with Gasteiger partial charge in [0.2, 0.25) is 11.1 Å². The van der Waals surface area contributed by atoms with Crippen LogP contribution in [0.2, 0.25) is 0 Å². The van der Waals surface area contributed by atoms with Gasteiger partial charge in [-0.1, -0.05) is 11.8 Å². The standard InChI is InChI=1S/C17H17N7O7S4/c25-11(7-32-10-2-1-3-18-4-10)19-12-14(26)24-13(16(27)28)9(5-33-15(12)24)6-34-17-20-21-22-23(17)8-35(29,30)31/h1-4,12,15H,5-8H2,(H,19,25)(H,27,28)(H,29,30,31)/t12?,15-/m1/s1. The summed E-state index contributed by atoms with van der Waals surface area (Å²) in [6.07, 6.45) is 3.24. The van der Waals surface area contributed by atoms with E-state index in [9.17, 15) is 27.9 Å². The summed E-state index contributed by atoms with van der Waals surface area (Å²) in [5.74, 6) is -2.63. The molecule has 2 aromatic rings. The second-order valence-electron chi connectivity index (χ2n) is 7.15. The molecule has 35 heavy (non-hydrogen) atoms. The van der Waals surface area contributed by atoms with Gasteiger partial charge < -0.3 is 10.4 Å². The van der Waals surface area contributed by atoms with Crippen molar-refractivity contribution in [3.8, 4) is 0 Å². The second-order valence-corrected chi connectivity index (χ2v) is 11.7. The van der Waals surface area contributed by atoms with Gasteiger partial charge in [0.1, 0.15) is 17.1 Å². The van der Waals surface area contributed by atoms with Gasteiger partial charge >= 0.3 is 5.97 Å². The van der Waals surface area contributed by atoms with Gasteiger partial charge in [-0.25, -0.2) is 9.48 Å². The SMILES string of the molecule is O=C(CSc1cccnc1)NC1C(=O)N2C(C(=O)O)=C(CSc3nnnn3CS(=O)(=O)O)CS[C@H]12. The minimum Gasteiger partial charge on any atom is -0.477 e. The molecule has 4 heterocycles. The van der Waals surface area contributed by atoms with E-state index in [0.717, 1.165) is 26.2 Å². The third-order valence-corrected chi connectivity index (χ3v) is 8.67. The number of nitrogens with zero attached hydrogens (tertiary/aromatic N) is 6. The Morgan fingerprint density at radius 3 is 2.80 bits per heavy atom. The van der Waals surface area contributed by atoms with Crippen LogP contribution in [-0.2, 0) is 30.4 Å². The van der Waals surface area contributed by atoms with Crippen molar-refractivity contribution in [1.82, 2.24) is 35.4 Å². The Morgan fingerprint density at radius 2 is 2.11 bits per heavy atom. The number of amides is 2. The molecule has 1 saturated heterocycles. The van der Waals surface area contributed by atoms with Crippen LogP contribution < -0.4 is 5.32 Å². The predicted molar refractivity (Wildman–Crippen MR) is 125 cm³/mol. The predicted octanol–water partition coefficient (Wildman–Crippen LogP) is -0.464. The number of tetrazole rings is 1. The van der Waals surface area contributed by atoms with Crippen LogP contribution in [0, 0.1) is 0 Å². The first-order chi connectivity index (χ1) is 16.6. The van der Waals surface area contributed by atoms with Crippen molar-refractivity contribution in [2.24, 2.45) is 0 Å². The van der Waals surface area contributed by atoms with Gasteiger partial charge in [0, 0.05) is 28.8 Å². The number of rotatable bonds is 10. The van der Waals surface area contributed by atoms with Gasteiger partial charge in [0.05, 0.1) is 5.75 Å². The third kappa shape index (κ3) is 5.95. The molecule has 0 saturated carbocycles. The van der Waals surface area contributed by atoms with Crippen molar-refractivity contribution >= 4 is 63.2 Å². The summed E-state index contributed by atoms with van der Waals surface area (Å²) >= 11 is 3.54. The van der Waals surface area contributed by atoms with Crippen LogP contribution in [0.5, 0.6) is 0 Å². The first-order valence-corrected chi connectivity index (χ1v) is 14.3. The lowest BCUT2D eigenvalue weighted by Gasteiger charge is -2.49. The number of hydrogen-bond donors (Lipinski definition) is 3. The van der Waals surface area contributed by atoms with Crippen molar-refractivity contribution in [3.05, 3.63) is 35.8 Å². The lowest BCUT2D eigenvalue weighted by atomic mass is 10.0. The van der Waals surface area contributed by atoms with E-state index in [-0.39, 0.29) is 34.0 Å². The van der Waals surface area contributed by atoms with Crippen LogP contribution in [0.1, 0.15) is 0 Å². The molecule has 0 bridgehead atoms. The smallest absolute Gasteiger partial charge is 0.352 e. The summed E-state index contributed by atoms with van der Waals surface area (Å²) in [7, 11) is -4.38. The highest BCUT2D eigenvalue weighted by molar-refractivity contribution is 8.01. The number of carbonyl (C=O) groups is 3. The van der Waals surface area contributed by atoms with Crippen molar-refractivity contribution in [2.75, 3.05) is 17.3 Å². The average molecular weight is 560 g/mol. The van der Waals surface area contributed by atoms with Crippen molar-refractivity contribution in [2.45, 2.75) is 27.3 Å². The van der Waals surface area contributed by atoms with Crippen molar-refractivity contribution < 1.29 is 32.5 Å². The second kappa shape index (κ2) is 10.5. The molecule has 2 aromatic heterocycles. The van der Waals surface area contributed by atoms with Gasteiger partial charge in [0.25, 0.3) is 16.0 Å². The van der Waals surface area contributed by atoms with Crippen LogP contribution in [0.25, 0.3) is 0 Å². The van der Waals surface area contributed by atoms with Crippen LogP contribution in [-0.4, -0.2) is 94.6 Å². The molecule has 3 N–H and O–H groups in total. The molecule has 186 valence electrons. The molecular weight excluding hydrogens is 542 g/mol. The zero-order valence-corrected chi connectivity index (χ0v) is 20.8. The van der Waals surface area contributed by atoms with E-state index >= 15 is 0 Å². The Kier molecular flexibility index (Phi) is 7.64. The minimum absolute atomic E-state index is 0.0539. The first-order valence-electron chi connectivity index (χ1n) is 9.70. The Hall–Kier alpha value is -2.67. The fraction of sp³-hybridized carbons (Fsp3) is 0.353. The molecule has 0 spiro atoms. The quantitative estimate of drug-likeness (QED) is 0.192. The molecular formula is C17H17N7O7S4. The van der Waals surface area contributed by atoms with E-state index in [1.54, 1.807) is 18.5 Å². The molecule has 1 unspecified atom stereocenters. The number of β-lactam (4-membered cyclic amide) rings is 1. The number of hydrogen-bond acceptors (Lipinski definition) is 12. The topological polar surface area (TPSA) is 198 Å². The molecule has 18 heteroatoms. The summed E-state index contributed by atoms with van der Waals surface area (Å²) in [6.45, 7) is 0. The normalized spacial score (nSPS) is 19.8. The summed E-state index contributed by atoms with van der Waals surface area (Å²) < 4.78 is 32.1. The zero-order valence-electron chi connectivity index (χ0n) is 17.5. The number of nitrogens with one attached hydrogen (secondary N) is 1. The average Bonchev–Trinajstić information content (AvgIpc) is 3.24. The monoisotopic (exact) mass is 559 g/mol. The number of pyridine rings is 1. The van der Waals surface area contributed by atoms with Crippen molar-refractivity contribution in [1.29, 1.82) is 0 Å². The number of aromatic nitrogens is 5. The van der Waals surface area contributed by atoms with Gasteiger partial charge in [-0.2, -0.15) is 8.42 Å². The number of carboxylic acid groups (broad SMARTS) is 1. The fourth-order valence-electron chi connectivity index (χ4n) is 3.28. The molecule has 2 aliphatic heterocycles. The summed E-state index contributed by atoms with van der Waals surface area (Å²) in [5, 5.41) is 22.5. The number of thioether (sulfide) groups is 3.